The molecule has 0 spiro atoms. The summed E-state index contributed by atoms with van der Waals surface area (Å²) < 4.78 is 0. The second-order valence-electron chi connectivity index (χ2n) is 4.81. The predicted octanol–water partition coefficient (Wildman–Crippen LogP) is 2.11. The number of hydrogen-bond donors (Lipinski definition) is 2. The largest absolute Gasteiger partial charge is 0.354 e. The molecule has 0 saturated heterocycles. The fourth-order valence-electron chi connectivity index (χ4n) is 1.94. The van der Waals surface area contributed by atoms with Crippen molar-refractivity contribution in [1.82, 2.24) is 10.6 Å². The lowest BCUT2D eigenvalue weighted by Crippen LogP contribution is -2.33. The van der Waals surface area contributed by atoms with Gasteiger partial charge in [0, 0.05) is 24.7 Å². The van der Waals surface area contributed by atoms with Crippen LogP contribution in [0.15, 0.2) is 60.3 Å². The summed E-state index contributed by atoms with van der Waals surface area (Å²) in [6.45, 7) is 0. The van der Waals surface area contributed by atoms with E-state index in [1.54, 1.807) is 18.2 Å². The van der Waals surface area contributed by atoms with Gasteiger partial charge in [-0.1, -0.05) is 30.3 Å². The second-order valence-corrected chi connectivity index (χ2v) is 4.81. The van der Waals surface area contributed by atoms with E-state index in [-0.39, 0.29) is 16.9 Å². The van der Waals surface area contributed by atoms with Crippen LogP contribution < -0.4 is 10.6 Å². The number of nitrogens with zero attached hydrogens (tertiary/aromatic N) is 1. The molecular formula is C17H15N3O4. The Labute approximate surface area is 138 Å². The first kappa shape index (κ1) is 16.9. The van der Waals surface area contributed by atoms with Gasteiger partial charge in [-0.05, 0) is 23.8 Å². The lowest BCUT2D eigenvalue weighted by molar-refractivity contribution is -0.384. The molecule has 0 radical (unpaired) electrons. The van der Waals surface area contributed by atoms with Crippen LogP contribution in [-0.2, 0) is 4.79 Å². The molecule has 2 N–H and O–H groups in total. The molecule has 0 saturated carbocycles. The monoisotopic (exact) mass is 325 g/mol. The summed E-state index contributed by atoms with van der Waals surface area (Å²) in [6, 6.07) is 14.2. The Balaban J connectivity index is 2.23. The average Bonchev–Trinajstić information content (AvgIpc) is 2.61. The van der Waals surface area contributed by atoms with Crippen LogP contribution in [0.2, 0.25) is 0 Å². The molecule has 7 heteroatoms. The van der Waals surface area contributed by atoms with E-state index in [4.69, 9.17) is 0 Å². The number of rotatable bonds is 5. The van der Waals surface area contributed by atoms with E-state index in [9.17, 15) is 19.7 Å². The summed E-state index contributed by atoms with van der Waals surface area (Å²) >= 11 is 0. The van der Waals surface area contributed by atoms with Crippen molar-refractivity contribution in [2.45, 2.75) is 0 Å². The van der Waals surface area contributed by atoms with Gasteiger partial charge in [0.1, 0.15) is 5.70 Å². The third-order valence-electron chi connectivity index (χ3n) is 3.17. The maximum atomic E-state index is 12.2. The van der Waals surface area contributed by atoms with Crippen LogP contribution >= 0.6 is 0 Å². The van der Waals surface area contributed by atoms with E-state index in [0.717, 1.165) is 5.56 Å². The Morgan fingerprint density at radius 3 is 2.21 bits per heavy atom. The predicted molar refractivity (Wildman–Crippen MR) is 89.0 cm³/mol. The van der Waals surface area contributed by atoms with Crippen LogP contribution in [0.4, 0.5) is 5.69 Å². The summed E-state index contributed by atoms with van der Waals surface area (Å²) in [5, 5.41) is 15.6. The smallest absolute Gasteiger partial charge is 0.269 e. The fraction of sp³-hybridized carbons (Fsp3) is 0.0588. The highest BCUT2D eigenvalue weighted by Crippen LogP contribution is 2.12. The number of nitro benzene ring substituents is 1. The number of likely N-dealkylation sites (N-methyl/N-ethyl adjacent to an activating group) is 1. The molecule has 2 rings (SSSR count). The second kappa shape index (κ2) is 7.68. The van der Waals surface area contributed by atoms with Crippen molar-refractivity contribution in [3.8, 4) is 0 Å². The van der Waals surface area contributed by atoms with E-state index in [0.29, 0.717) is 0 Å². The number of carbonyl (C=O) groups is 2. The van der Waals surface area contributed by atoms with Crippen molar-refractivity contribution in [3.63, 3.8) is 0 Å². The minimum atomic E-state index is -0.549. The van der Waals surface area contributed by atoms with E-state index >= 15 is 0 Å². The molecular weight excluding hydrogens is 310 g/mol. The first-order valence-corrected chi connectivity index (χ1v) is 7.06. The van der Waals surface area contributed by atoms with Crippen LogP contribution in [0.5, 0.6) is 0 Å². The van der Waals surface area contributed by atoms with Gasteiger partial charge < -0.3 is 10.6 Å². The van der Waals surface area contributed by atoms with E-state index in [2.05, 4.69) is 10.6 Å². The average molecular weight is 325 g/mol. The van der Waals surface area contributed by atoms with Gasteiger partial charge >= 0.3 is 0 Å². The Morgan fingerprint density at radius 1 is 1.04 bits per heavy atom. The molecule has 7 nitrogen and oxygen atoms in total. The molecule has 0 fully saturated rings. The van der Waals surface area contributed by atoms with Crippen LogP contribution in [-0.4, -0.2) is 23.8 Å². The van der Waals surface area contributed by atoms with Gasteiger partial charge in [-0.2, -0.15) is 0 Å². The van der Waals surface area contributed by atoms with Crippen LogP contribution in [0.3, 0.4) is 0 Å². The topological polar surface area (TPSA) is 101 Å². The van der Waals surface area contributed by atoms with Gasteiger partial charge in [0.05, 0.1) is 4.92 Å². The van der Waals surface area contributed by atoms with Gasteiger partial charge in [0.15, 0.2) is 0 Å². The first-order valence-electron chi connectivity index (χ1n) is 7.06. The van der Waals surface area contributed by atoms with Crippen molar-refractivity contribution >= 4 is 23.6 Å². The molecule has 2 aromatic rings. The van der Waals surface area contributed by atoms with Gasteiger partial charge in [-0.15, -0.1) is 0 Å². The van der Waals surface area contributed by atoms with Crippen molar-refractivity contribution < 1.29 is 14.5 Å². The number of benzene rings is 2. The highest BCUT2D eigenvalue weighted by atomic mass is 16.6. The summed E-state index contributed by atoms with van der Waals surface area (Å²) in [5.41, 5.74) is 0.925. The van der Waals surface area contributed by atoms with E-state index in [1.807, 2.05) is 18.2 Å². The lowest BCUT2D eigenvalue weighted by atomic mass is 10.1. The number of non-ortho nitro benzene ring substituents is 1. The Kier molecular flexibility index (Phi) is 5.40. The standard InChI is InChI=1S/C17H15N3O4/c1-18-17(22)15(11-12-5-3-2-4-6-12)19-16(21)13-7-9-14(10-8-13)20(23)24/h2-11H,1H3,(H,18,22)(H,19,21). The summed E-state index contributed by atoms with van der Waals surface area (Å²) in [7, 11) is 1.46. The first-order chi connectivity index (χ1) is 11.5. The quantitative estimate of drug-likeness (QED) is 0.499. The number of hydrogen-bond acceptors (Lipinski definition) is 4. The molecule has 2 aromatic carbocycles. The lowest BCUT2D eigenvalue weighted by Gasteiger charge is -2.09. The molecule has 0 aromatic heterocycles. The molecule has 0 aliphatic heterocycles. The highest BCUT2D eigenvalue weighted by molar-refractivity contribution is 6.05. The number of nitrogens with one attached hydrogen (secondary N) is 2. The van der Waals surface area contributed by atoms with Gasteiger partial charge in [-0.3, -0.25) is 19.7 Å². The Morgan fingerprint density at radius 2 is 1.67 bits per heavy atom. The fourth-order valence-corrected chi connectivity index (χ4v) is 1.94. The van der Waals surface area contributed by atoms with Crippen molar-refractivity contribution in [1.29, 1.82) is 0 Å². The minimum absolute atomic E-state index is 0.0760. The van der Waals surface area contributed by atoms with Crippen molar-refractivity contribution in [2.24, 2.45) is 0 Å². The van der Waals surface area contributed by atoms with Crippen molar-refractivity contribution in [3.05, 3.63) is 81.5 Å². The molecule has 0 bridgehead atoms. The third kappa shape index (κ3) is 4.26. The van der Waals surface area contributed by atoms with Crippen LogP contribution in [0.1, 0.15) is 15.9 Å². The van der Waals surface area contributed by atoms with Crippen LogP contribution in [0.25, 0.3) is 6.08 Å². The highest BCUT2D eigenvalue weighted by Gasteiger charge is 2.14. The van der Waals surface area contributed by atoms with Gasteiger partial charge in [0.2, 0.25) is 0 Å². The molecule has 0 unspecified atom stereocenters. The van der Waals surface area contributed by atoms with Crippen LogP contribution in [0, 0.1) is 10.1 Å². The SMILES string of the molecule is CNC(=O)C(=Cc1ccccc1)NC(=O)c1ccc([N+](=O)[O-])cc1. The van der Waals surface area contributed by atoms with Gasteiger partial charge in [-0.25, -0.2) is 0 Å². The Bertz CT molecular complexity index is 783. The molecule has 24 heavy (non-hydrogen) atoms. The summed E-state index contributed by atoms with van der Waals surface area (Å²) in [6.07, 6.45) is 1.54. The normalized spacial score (nSPS) is 10.8. The number of nitro groups is 1. The van der Waals surface area contributed by atoms with Gasteiger partial charge in [0.25, 0.3) is 17.5 Å². The van der Waals surface area contributed by atoms with E-state index in [1.165, 1.54) is 31.3 Å². The zero-order chi connectivity index (χ0) is 17.5. The maximum Gasteiger partial charge on any atom is 0.269 e. The molecule has 2 amide bonds. The zero-order valence-electron chi connectivity index (χ0n) is 12.9. The molecule has 0 atom stereocenters. The maximum absolute atomic E-state index is 12.2. The number of amides is 2. The minimum Gasteiger partial charge on any atom is -0.354 e. The molecule has 0 aliphatic carbocycles. The zero-order valence-corrected chi connectivity index (χ0v) is 12.9. The molecule has 122 valence electrons. The van der Waals surface area contributed by atoms with E-state index < -0.39 is 16.7 Å². The van der Waals surface area contributed by atoms with Crippen molar-refractivity contribution in [2.75, 3.05) is 7.05 Å². The molecule has 0 heterocycles. The summed E-state index contributed by atoms with van der Waals surface area (Å²) in [4.78, 5) is 34.3. The Hall–Kier alpha value is -3.48. The number of carbonyl (C=O) groups excluding carboxylic acids is 2. The summed E-state index contributed by atoms with van der Waals surface area (Å²) in [5.74, 6) is -0.982. The third-order valence-corrected chi connectivity index (χ3v) is 3.17. The molecule has 0 aliphatic rings.